The van der Waals surface area contributed by atoms with E-state index in [1.54, 1.807) is 17.8 Å². The summed E-state index contributed by atoms with van der Waals surface area (Å²) >= 11 is 1.65. The summed E-state index contributed by atoms with van der Waals surface area (Å²) in [5.41, 5.74) is 2.92. The predicted octanol–water partition coefficient (Wildman–Crippen LogP) is 7.87. The van der Waals surface area contributed by atoms with Gasteiger partial charge in [-0.1, -0.05) is 71.9 Å². The minimum absolute atomic E-state index is 0.154. The average Bonchev–Trinajstić information content (AvgIpc) is 2.60. The molecule has 2 rings (SSSR count). The zero-order valence-corrected chi connectivity index (χ0v) is 19.6. The zero-order valence-electron chi connectivity index (χ0n) is 18.8. The molecule has 0 radical (unpaired) electrons. The second-order valence-electron chi connectivity index (χ2n) is 9.89. The Labute approximate surface area is 183 Å². The second-order valence-corrected chi connectivity index (χ2v) is 11.0. The highest BCUT2D eigenvalue weighted by Gasteiger charge is 2.30. The van der Waals surface area contributed by atoms with Gasteiger partial charge in [-0.05, 0) is 57.7 Å². The maximum atomic E-state index is 12.8. The first kappa shape index (κ1) is 24.6. The second kappa shape index (κ2) is 9.25. The first-order chi connectivity index (χ1) is 13.7. The molecule has 166 valence electrons. The number of phenols is 1. The van der Waals surface area contributed by atoms with Crippen molar-refractivity contribution in [1.29, 1.82) is 0 Å². The van der Waals surface area contributed by atoms with Crippen molar-refractivity contribution in [3.05, 3.63) is 64.2 Å². The minimum atomic E-state index is -4.30. The third-order valence-corrected chi connectivity index (χ3v) is 6.18. The smallest absolute Gasteiger partial charge is 0.416 e. The number of hydrogen-bond acceptors (Lipinski definition) is 2. The molecule has 2 aromatic rings. The largest absolute Gasteiger partial charge is 0.507 e. The van der Waals surface area contributed by atoms with E-state index in [-0.39, 0.29) is 10.8 Å². The van der Waals surface area contributed by atoms with E-state index in [1.807, 2.05) is 0 Å². The van der Waals surface area contributed by atoms with Gasteiger partial charge in [-0.15, -0.1) is 0 Å². The van der Waals surface area contributed by atoms with E-state index in [0.717, 1.165) is 35.8 Å². The molecule has 5 heteroatoms. The highest BCUT2D eigenvalue weighted by Crippen LogP contribution is 2.40. The van der Waals surface area contributed by atoms with Crippen LogP contribution in [-0.4, -0.2) is 10.9 Å². The Morgan fingerprint density at radius 1 is 0.833 bits per heavy atom. The highest BCUT2D eigenvalue weighted by molar-refractivity contribution is 7.98. The van der Waals surface area contributed by atoms with Gasteiger partial charge in [0.25, 0.3) is 0 Å². The van der Waals surface area contributed by atoms with Crippen LogP contribution in [0.4, 0.5) is 13.2 Å². The van der Waals surface area contributed by atoms with E-state index in [2.05, 4.69) is 53.7 Å². The van der Waals surface area contributed by atoms with Crippen LogP contribution in [0.1, 0.15) is 75.8 Å². The molecule has 2 aromatic carbocycles. The van der Waals surface area contributed by atoms with Crippen LogP contribution in [0.2, 0.25) is 0 Å². The van der Waals surface area contributed by atoms with Gasteiger partial charge in [-0.2, -0.15) is 24.9 Å². The molecule has 1 nitrogen and oxygen atoms in total. The predicted molar refractivity (Wildman–Crippen MR) is 121 cm³/mol. The van der Waals surface area contributed by atoms with E-state index in [9.17, 15) is 18.3 Å². The van der Waals surface area contributed by atoms with Crippen LogP contribution in [0.15, 0.2) is 36.4 Å². The van der Waals surface area contributed by atoms with Crippen molar-refractivity contribution in [3.63, 3.8) is 0 Å². The Hall–Kier alpha value is -1.62. The van der Waals surface area contributed by atoms with Crippen LogP contribution in [-0.2, 0) is 29.2 Å². The molecule has 0 aromatic heterocycles. The number of rotatable bonds is 6. The fourth-order valence-corrected chi connectivity index (χ4v) is 4.30. The van der Waals surface area contributed by atoms with Crippen molar-refractivity contribution in [2.45, 2.75) is 77.1 Å². The van der Waals surface area contributed by atoms with Crippen LogP contribution in [0.5, 0.6) is 5.75 Å². The van der Waals surface area contributed by atoms with Crippen molar-refractivity contribution in [3.8, 4) is 5.75 Å². The summed E-state index contributed by atoms with van der Waals surface area (Å²) in [6, 6.07) is 9.76. The molecule has 0 bridgehead atoms. The third-order valence-electron chi connectivity index (χ3n) is 5.06. The van der Waals surface area contributed by atoms with Gasteiger partial charge in [0.05, 0.1) is 5.56 Å². The monoisotopic (exact) mass is 438 g/mol. The maximum Gasteiger partial charge on any atom is 0.416 e. The third kappa shape index (κ3) is 6.69. The molecular weight excluding hydrogens is 405 g/mol. The first-order valence-electron chi connectivity index (χ1n) is 10.3. The Kier molecular flexibility index (Phi) is 7.60. The molecule has 0 unspecified atom stereocenters. The number of alkyl halides is 3. The molecule has 0 atom stereocenters. The van der Waals surface area contributed by atoms with Gasteiger partial charge in [-0.25, -0.2) is 0 Å². The summed E-state index contributed by atoms with van der Waals surface area (Å²) in [5, 5.41) is 10.8. The summed E-state index contributed by atoms with van der Waals surface area (Å²) in [5.74, 6) is 1.82. The number of aryl methyl sites for hydroxylation is 1. The lowest BCUT2D eigenvalue weighted by Gasteiger charge is -2.28. The van der Waals surface area contributed by atoms with Crippen LogP contribution in [0.3, 0.4) is 0 Å². The van der Waals surface area contributed by atoms with Crippen LogP contribution in [0.25, 0.3) is 0 Å². The average molecular weight is 439 g/mol. The van der Waals surface area contributed by atoms with Crippen molar-refractivity contribution in [2.75, 3.05) is 5.75 Å². The summed E-state index contributed by atoms with van der Waals surface area (Å²) in [6.07, 6.45) is -2.49. The van der Waals surface area contributed by atoms with Gasteiger partial charge < -0.3 is 5.11 Å². The molecule has 0 aliphatic carbocycles. The Balaban J connectivity index is 2.01. The highest BCUT2D eigenvalue weighted by atomic mass is 32.2. The van der Waals surface area contributed by atoms with Gasteiger partial charge >= 0.3 is 6.18 Å². The lowest BCUT2D eigenvalue weighted by molar-refractivity contribution is -0.137. The van der Waals surface area contributed by atoms with E-state index in [4.69, 9.17) is 0 Å². The molecule has 30 heavy (non-hydrogen) atoms. The van der Waals surface area contributed by atoms with Crippen LogP contribution in [0, 0.1) is 0 Å². The Morgan fingerprint density at radius 3 is 1.90 bits per heavy atom. The molecule has 0 fully saturated rings. The van der Waals surface area contributed by atoms with Crippen LogP contribution >= 0.6 is 11.8 Å². The van der Waals surface area contributed by atoms with Crippen molar-refractivity contribution in [1.82, 2.24) is 0 Å². The molecule has 1 N–H and O–H groups in total. The summed E-state index contributed by atoms with van der Waals surface area (Å²) in [7, 11) is 0. The summed E-state index contributed by atoms with van der Waals surface area (Å²) < 4.78 is 38.5. The number of benzene rings is 2. The van der Waals surface area contributed by atoms with E-state index >= 15 is 0 Å². The molecule has 0 aliphatic rings. The molecule has 0 spiro atoms. The zero-order chi connectivity index (χ0) is 22.7. The summed E-state index contributed by atoms with van der Waals surface area (Å²) in [6.45, 7) is 12.6. The number of aromatic hydroxyl groups is 1. The Bertz CT molecular complexity index is 823. The standard InChI is InChI=1S/C25H33F3OS/c1-23(2,3)20-14-17(15-21(22(20)29)24(4,5)6)10-8-12-30-16-18-9-7-11-19(13-18)25(26,27)28/h7,9,11,13-15,29H,8,10,12,16H2,1-6H3. The van der Waals surface area contributed by atoms with Gasteiger partial charge in [0.2, 0.25) is 0 Å². The topological polar surface area (TPSA) is 20.2 Å². The van der Waals surface area contributed by atoms with Gasteiger partial charge in [0, 0.05) is 5.75 Å². The molecule has 0 saturated carbocycles. The number of phenolic OH excluding ortho intramolecular Hbond substituents is 1. The fraction of sp³-hybridized carbons (Fsp3) is 0.520. The van der Waals surface area contributed by atoms with Gasteiger partial charge in [0.15, 0.2) is 0 Å². The SMILES string of the molecule is CC(C)(C)c1cc(CCCSCc2cccc(C(F)(F)F)c2)cc(C(C)(C)C)c1O. The number of thioether (sulfide) groups is 1. The quantitative estimate of drug-likeness (QED) is 0.463. The first-order valence-corrected chi connectivity index (χ1v) is 11.5. The number of hydrogen-bond donors (Lipinski definition) is 1. The van der Waals surface area contributed by atoms with Crippen LogP contribution < -0.4 is 0 Å². The fourth-order valence-electron chi connectivity index (χ4n) is 3.39. The normalized spacial score (nSPS) is 13.0. The maximum absolute atomic E-state index is 12.8. The van der Waals surface area contributed by atoms with Crippen molar-refractivity contribution in [2.24, 2.45) is 0 Å². The molecule has 0 heterocycles. The van der Waals surface area contributed by atoms with E-state index in [1.165, 1.54) is 17.7 Å². The molecule has 0 amide bonds. The van der Waals surface area contributed by atoms with E-state index < -0.39 is 11.7 Å². The van der Waals surface area contributed by atoms with Crippen molar-refractivity contribution >= 4 is 11.8 Å². The summed E-state index contributed by atoms with van der Waals surface area (Å²) in [4.78, 5) is 0. The molecular formula is C25H33F3OS. The van der Waals surface area contributed by atoms with Gasteiger partial charge in [0.1, 0.15) is 5.75 Å². The lowest BCUT2D eigenvalue weighted by Crippen LogP contribution is -2.18. The lowest BCUT2D eigenvalue weighted by atomic mass is 9.78. The van der Waals surface area contributed by atoms with E-state index in [0.29, 0.717) is 17.1 Å². The Morgan fingerprint density at radius 2 is 1.40 bits per heavy atom. The van der Waals surface area contributed by atoms with Crippen molar-refractivity contribution < 1.29 is 18.3 Å². The minimum Gasteiger partial charge on any atom is -0.507 e. The molecule has 0 aliphatic heterocycles. The number of halogens is 3. The molecule has 0 saturated heterocycles. The van der Waals surface area contributed by atoms with Gasteiger partial charge in [-0.3, -0.25) is 0 Å².